The second-order valence-electron chi connectivity index (χ2n) is 3.84. The molecular formula is C12H13NO2. The third kappa shape index (κ3) is 1.54. The van der Waals surface area contributed by atoms with Crippen molar-refractivity contribution in [1.82, 2.24) is 5.32 Å². The number of hydrogen-bond donors (Lipinski definition) is 1. The summed E-state index contributed by atoms with van der Waals surface area (Å²) in [5, 5.41) is 2.34. The first kappa shape index (κ1) is 9.90. The van der Waals surface area contributed by atoms with Crippen molar-refractivity contribution in [3.63, 3.8) is 0 Å². The Kier molecular flexibility index (Phi) is 2.31. The average molecular weight is 203 g/mol. The number of carbonyl (C=O) groups excluding carboxylic acids is 2. The van der Waals surface area contributed by atoms with Gasteiger partial charge in [-0.3, -0.25) is 14.9 Å². The molecule has 1 heterocycles. The van der Waals surface area contributed by atoms with Gasteiger partial charge >= 0.3 is 0 Å². The fraction of sp³-hybridized carbons (Fsp3) is 0.333. The lowest BCUT2D eigenvalue weighted by molar-refractivity contribution is -0.124. The summed E-state index contributed by atoms with van der Waals surface area (Å²) in [7, 11) is 0. The molecule has 15 heavy (non-hydrogen) atoms. The predicted octanol–water partition coefficient (Wildman–Crippen LogP) is 1.63. The SMILES string of the molecule is CCC1=CC=C(C)C2=C(C1)C(=O)NC2=O. The molecule has 0 radical (unpaired) electrons. The molecule has 2 amide bonds. The van der Waals surface area contributed by atoms with Crippen molar-refractivity contribution in [1.29, 1.82) is 0 Å². The molecule has 1 N–H and O–H groups in total. The molecule has 0 bridgehead atoms. The maximum absolute atomic E-state index is 11.5. The van der Waals surface area contributed by atoms with Crippen LogP contribution in [-0.4, -0.2) is 11.8 Å². The third-order valence-corrected chi connectivity index (χ3v) is 2.85. The Bertz CT molecular complexity index is 439. The second-order valence-corrected chi connectivity index (χ2v) is 3.84. The van der Waals surface area contributed by atoms with Gasteiger partial charge in [-0.15, -0.1) is 0 Å². The zero-order valence-electron chi connectivity index (χ0n) is 8.89. The fourth-order valence-electron chi connectivity index (χ4n) is 1.93. The molecule has 0 saturated heterocycles. The van der Waals surface area contributed by atoms with Crippen LogP contribution in [0.25, 0.3) is 0 Å². The van der Waals surface area contributed by atoms with Crippen molar-refractivity contribution in [2.24, 2.45) is 0 Å². The van der Waals surface area contributed by atoms with E-state index in [1.54, 1.807) is 0 Å². The average Bonchev–Trinajstić information content (AvgIpc) is 2.38. The maximum atomic E-state index is 11.5. The first-order valence-corrected chi connectivity index (χ1v) is 5.09. The van der Waals surface area contributed by atoms with Gasteiger partial charge in [0.15, 0.2) is 0 Å². The summed E-state index contributed by atoms with van der Waals surface area (Å²) in [6.07, 6.45) is 5.42. The summed E-state index contributed by atoms with van der Waals surface area (Å²) in [6.45, 7) is 3.91. The van der Waals surface area contributed by atoms with Gasteiger partial charge in [-0.2, -0.15) is 0 Å². The van der Waals surface area contributed by atoms with E-state index in [4.69, 9.17) is 0 Å². The van der Waals surface area contributed by atoms with Crippen LogP contribution < -0.4 is 5.32 Å². The number of allylic oxidation sites excluding steroid dienone is 3. The van der Waals surface area contributed by atoms with Gasteiger partial charge < -0.3 is 0 Å². The van der Waals surface area contributed by atoms with Crippen LogP contribution in [0.15, 0.2) is 34.4 Å². The summed E-state index contributed by atoms with van der Waals surface area (Å²) in [4.78, 5) is 23.1. The van der Waals surface area contributed by atoms with Crippen LogP contribution in [0, 0.1) is 0 Å². The van der Waals surface area contributed by atoms with Crippen LogP contribution in [-0.2, 0) is 9.59 Å². The van der Waals surface area contributed by atoms with Gasteiger partial charge in [-0.25, -0.2) is 0 Å². The van der Waals surface area contributed by atoms with Crippen molar-refractivity contribution in [2.75, 3.05) is 0 Å². The summed E-state index contributed by atoms with van der Waals surface area (Å²) in [5.41, 5.74) is 3.25. The second kappa shape index (κ2) is 3.50. The molecule has 0 atom stereocenters. The van der Waals surface area contributed by atoms with Gasteiger partial charge in [0, 0.05) is 5.57 Å². The molecule has 0 fully saturated rings. The number of rotatable bonds is 1. The van der Waals surface area contributed by atoms with Crippen LogP contribution in [0.3, 0.4) is 0 Å². The van der Waals surface area contributed by atoms with Crippen molar-refractivity contribution in [3.8, 4) is 0 Å². The quantitative estimate of drug-likeness (QED) is 0.658. The van der Waals surface area contributed by atoms with Crippen molar-refractivity contribution in [2.45, 2.75) is 26.7 Å². The van der Waals surface area contributed by atoms with Crippen molar-refractivity contribution >= 4 is 11.8 Å². The minimum atomic E-state index is -0.255. The van der Waals surface area contributed by atoms with E-state index in [1.807, 2.05) is 19.1 Å². The molecule has 0 unspecified atom stereocenters. The van der Waals surface area contributed by atoms with Crippen LogP contribution in [0.4, 0.5) is 0 Å². The van der Waals surface area contributed by atoms with E-state index in [0.717, 1.165) is 12.0 Å². The van der Waals surface area contributed by atoms with Crippen LogP contribution in [0.2, 0.25) is 0 Å². The zero-order valence-corrected chi connectivity index (χ0v) is 8.89. The Labute approximate surface area is 88.5 Å². The number of carbonyl (C=O) groups is 2. The molecule has 0 spiro atoms. The molecule has 0 aromatic carbocycles. The number of hydrogen-bond acceptors (Lipinski definition) is 2. The van der Waals surface area contributed by atoms with E-state index in [0.29, 0.717) is 17.6 Å². The molecule has 0 aromatic heterocycles. The van der Waals surface area contributed by atoms with E-state index in [9.17, 15) is 9.59 Å². The van der Waals surface area contributed by atoms with Crippen molar-refractivity contribution in [3.05, 3.63) is 34.4 Å². The topological polar surface area (TPSA) is 46.2 Å². The van der Waals surface area contributed by atoms with E-state index < -0.39 is 0 Å². The standard InChI is InChI=1S/C12H13NO2/c1-3-8-5-4-7(2)10-9(6-8)11(14)13-12(10)15/h4-5H,3,6H2,1-2H3,(H,13,14,15). The Balaban J connectivity index is 2.51. The van der Waals surface area contributed by atoms with Crippen LogP contribution in [0.5, 0.6) is 0 Å². The predicted molar refractivity (Wildman–Crippen MR) is 56.9 cm³/mol. The first-order valence-electron chi connectivity index (χ1n) is 5.09. The van der Waals surface area contributed by atoms with E-state index in [2.05, 4.69) is 12.2 Å². The lowest BCUT2D eigenvalue weighted by Crippen LogP contribution is -2.23. The maximum Gasteiger partial charge on any atom is 0.258 e. The molecule has 78 valence electrons. The smallest absolute Gasteiger partial charge is 0.258 e. The van der Waals surface area contributed by atoms with Gasteiger partial charge in [0.2, 0.25) is 0 Å². The zero-order chi connectivity index (χ0) is 11.0. The molecule has 0 saturated carbocycles. The van der Waals surface area contributed by atoms with Gasteiger partial charge in [0.25, 0.3) is 11.8 Å². The summed E-state index contributed by atoms with van der Waals surface area (Å²) in [5.74, 6) is -0.487. The number of imide groups is 1. The minimum Gasteiger partial charge on any atom is -0.288 e. The highest BCUT2D eigenvalue weighted by Gasteiger charge is 2.31. The molecule has 3 heteroatoms. The summed E-state index contributed by atoms with van der Waals surface area (Å²) in [6, 6.07) is 0. The largest absolute Gasteiger partial charge is 0.288 e. The Hall–Kier alpha value is -1.64. The Morgan fingerprint density at radius 3 is 2.67 bits per heavy atom. The number of nitrogens with one attached hydrogen (secondary N) is 1. The van der Waals surface area contributed by atoms with Gasteiger partial charge in [-0.1, -0.05) is 24.6 Å². The fourth-order valence-corrected chi connectivity index (χ4v) is 1.93. The summed E-state index contributed by atoms with van der Waals surface area (Å²) < 4.78 is 0. The molecule has 1 aliphatic carbocycles. The molecule has 1 aliphatic heterocycles. The van der Waals surface area contributed by atoms with E-state index >= 15 is 0 Å². The normalized spacial score (nSPS) is 20.7. The highest BCUT2D eigenvalue weighted by atomic mass is 16.2. The highest BCUT2D eigenvalue weighted by molar-refractivity contribution is 6.21. The minimum absolute atomic E-state index is 0.232. The van der Waals surface area contributed by atoms with Crippen LogP contribution in [0.1, 0.15) is 26.7 Å². The highest BCUT2D eigenvalue weighted by Crippen LogP contribution is 2.29. The first-order chi connectivity index (χ1) is 7.13. The van der Waals surface area contributed by atoms with Crippen LogP contribution >= 0.6 is 0 Å². The van der Waals surface area contributed by atoms with Gasteiger partial charge in [0.1, 0.15) is 0 Å². The molecule has 3 nitrogen and oxygen atoms in total. The molecule has 2 aliphatic rings. The van der Waals surface area contributed by atoms with E-state index in [-0.39, 0.29) is 11.8 Å². The lowest BCUT2D eigenvalue weighted by Gasteiger charge is -2.02. The lowest BCUT2D eigenvalue weighted by atomic mass is 9.99. The molecule has 2 rings (SSSR count). The Morgan fingerprint density at radius 2 is 2.00 bits per heavy atom. The third-order valence-electron chi connectivity index (χ3n) is 2.85. The number of amides is 2. The van der Waals surface area contributed by atoms with Gasteiger partial charge in [0.05, 0.1) is 5.57 Å². The van der Waals surface area contributed by atoms with E-state index in [1.165, 1.54) is 5.57 Å². The molecule has 0 aromatic rings. The van der Waals surface area contributed by atoms with Gasteiger partial charge in [-0.05, 0) is 25.3 Å². The molecular weight excluding hydrogens is 190 g/mol. The summed E-state index contributed by atoms with van der Waals surface area (Å²) >= 11 is 0. The monoisotopic (exact) mass is 203 g/mol. The van der Waals surface area contributed by atoms with Crippen molar-refractivity contribution < 1.29 is 9.59 Å². The Morgan fingerprint density at radius 1 is 1.27 bits per heavy atom.